The standard InChI is InChI=1S/C15H20N4OS/c1-4-11-5-7-12(8-6-11)14(19(2)3)10-16-15(20)13-9-17-21-18-13/h5-9,14H,4,10H2,1-3H3,(H,16,20). The Kier molecular flexibility index (Phi) is 5.41. The van der Waals surface area contributed by atoms with Crippen molar-refractivity contribution in [2.24, 2.45) is 0 Å². The second kappa shape index (κ2) is 7.28. The van der Waals surface area contributed by atoms with Gasteiger partial charge in [-0.25, -0.2) is 0 Å². The molecule has 21 heavy (non-hydrogen) atoms. The summed E-state index contributed by atoms with van der Waals surface area (Å²) in [5.74, 6) is -0.180. The quantitative estimate of drug-likeness (QED) is 0.888. The molecule has 0 fully saturated rings. The van der Waals surface area contributed by atoms with E-state index in [-0.39, 0.29) is 11.9 Å². The lowest BCUT2D eigenvalue weighted by molar-refractivity contribution is 0.0938. The predicted molar refractivity (Wildman–Crippen MR) is 84.5 cm³/mol. The first-order valence-corrected chi connectivity index (χ1v) is 7.66. The molecule has 1 atom stereocenters. The molecule has 0 aliphatic rings. The Bertz CT molecular complexity index is 566. The number of aromatic nitrogens is 2. The van der Waals surface area contributed by atoms with Crippen molar-refractivity contribution in [3.8, 4) is 0 Å². The summed E-state index contributed by atoms with van der Waals surface area (Å²) < 4.78 is 7.78. The van der Waals surface area contributed by atoms with Crippen LogP contribution in [-0.2, 0) is 6.42 Å². The lowest BCUT2D eigenvalue weighted by Gasteiger charge is -2.25. The van der Waals surface area contributed by atoms with Crippen LogP contribution in [0, 0.1) is 0 Å². The highest BCUT2D eigenvalue weighted by atomic mass is 32.1. The zero-order valence-electron chi connectivity index (χ0n) is 12.5. The van der Waals surface area contributed by atoms with Gasteiger partial charge in [-0.15, -0.1) is 0 Å². The minimum Gasteiger partial charge on any atom is -0.349 e. The molecule has 1 amide bonds. The largest absolute Gasteiger partial charge is 0.349 e. The SMILES string of the molecule is CCc1ccc(C(CNC(=O)c2cnsn2)N(C)C)cc1. The van der Waals surface area contributed by atoms with Crippen molar-refractivity contribution in [1.29, 1.82) is 0 Å². The fourth-order valence-electron chi connectivity index (χ4n) is 2.12. The molecule has 1 unspecified atom stereocenters. The van der Waals surface area contributed by atoms with Crippen LogP contribution >= 0.6 is 11.7 Å². The van der Waals surface area contributed by atoms with Gasteiger partial charge in [-0.1, -0.05) is 31.2 Å². The van der Waals surface area contributed by atoms with Crippen LogP contribution in [-0.4, -0.2) is 40.2 Å². The number of benzene rings is 1. The summed E-state index contributed by atoms with van der Waals surface area (Å²) in [6.45, 7) is 2.68. The number of carbonyl (C=O) groups excluding carboxylic acids is 1. The number of hydrogen-bond acceptors (Lipinski definition) is 5. The first-order chi connectivity index (χ1) is 10.1. The molecular weight excluding hydrogens is 284 g/mol. The molecule has 2 aromatic rings. The topological polar surface area (TPSA) is 58.1 Å². The molecule has 0 saturated carbocycles. The van der Waals surface area contributed by atoms with Crippen LogP contribution in [0.4, 0.5) is 0 Å². The van der Waals surface area contributed by atoms with Gasteiger partial charge in [0, 0.05) is 6.54 Å². The van der Waals surface area contributed by atoms with Crippen LogP contribution < -0.4 is 5.32 Å². The van der Waals surface area contributed by atoms with Gasteiger partial charge < -0.3 is 10.2 Å². The molecule has 1 heterocycles. The fourth-order valence-corrected chi connectivity index (χ4v) is 2.53. The van der Waals surface area contributed by atoms with Gasteiger partial charge in [0.05, 0.1) is 24.0 Å². The number of likely N-dealkylation sites (N-methyl/N-ethyl adjacent to an activating group) is 1. The normalized spacial score (nSPS) is 12.4. The summed E-state index contributed by atoms with van der Waals surface area (Å²) >= 11 is 1.04. The van der Waals surface area contributed by atoms with E-state index in [0.29, 0.717) is 12.2 Å². The third kappa shape index (κ3) is 4.09. The maximum absolute atomic E-state index is 11.9. The fraction of sp³-hybridized carbons (Fsp3) is 0.400. The molecular formula is C15H20N4OS. The van der Waals surface area contributed by atoms with Crippen LogP contribution in [0.3, 0.4) is 0 Å². The summed E-state index contributed by atoms with van der Waals surface area (Å²) in [4.78, 5) is 14.0. The second-order valence-electron chi connectivity index (χ2n) is 5.08. The second-order valence-corrected chi connectivity index (χ2v) is 5.63. The van der Waals surface area contributed by atoms with Crippen molar-refractivity contribution in [2.45, 2.75) is 19.4 Å². The van der Waals surface area contributed by atoms with Gasteiger partial charge in [0.15, 0.2) is 5.69 Å². The number of hydrogen-bond donors (Lipinski definition) is 1. The number of amides is 1. The Labute approximate surface area is 129 Å². The molecule has 1 aromatic heterocycles. The maximum Gasteiger partial charge on any atom is 0.272 e. The Hall–Kier alpha value is -1.79. The van der Waals surface area contributed by atoms with Gasteiger partial charge in [-0.2, -0.15) is 8.75 Å². The van der Waals surface area contributed by atoms with Gasteiger partial charge in [-0.05, 0) is 31.6 Å². The van der Waals surface area contributed by atoms with E-state index >= 15 is 0 Å². The molecule has 0 bridgehead atoms. The Morgan fingerprint density at radius 3 is 2.57 bits per heavy atom. The molecule has 5 nitrogen and oxygen atoms in total. The number of rotatable bonds is 6. The highest BCUT2D eigenvalue weighted by molar-refractivity contribution is 6.99. The summed E-state index contributed by atoms with van der Waals surface area (Å²) in [7, 11) is 4.02. The molecule has 1 N–H and O–H groups in total. The van der Waals surface area contributed by atoms with Gasteiger partial charge in [-0.3, -0.25) is 4.79 Å². The van der Waals surface area contributed by atoms with Gasteiger partial charge in [0.25, 0.3) is 5.91 Å². The van der Waals surface area contributed by atoms with Crippen molar-refractivity contribution >= 4 is 17.6 Å². The van der Waals surface area contributed by atoms with Crippen molar-refractivity contribution < 1.29 is 4.79 Å². The van der Waals surface area contributed by atoms with Gasteiger partial charge in [0.2, 0.25) is 0 Å². The molecule has 2 rings (SSSR count). The van der Waals surface area contributed by atoms with E-state index in [0.717, 1.165) is 18.1 Å². The molecule has 112 valence electrons. The maximum atomic E-state index is 11.9. The highest BCUT2D eigenvalue weighted by Gasteiger charge is 2.16. The van der Waals surface area contributed by atoms with E-state index in [1.54, 1.807) is 0 Å². The number of aryl methyl sites for hydroxylation is 1. The lowest BCUT2D eigenvalue weighted by Crippen LogP contribution is -2.34. The molecule has 0 aliphatic carbocycles. The molecule has 6 heteroatoms. The molecule has 0 spiro atoms. The summed E-state index contributed by atoms with van der Waals surface area (Å²) in [6.07, 6.45) is 2.52. The molecule has 0 radical (unpaired) electrons. The summed E-state index contributed by atoms with van der Waals surface area (Å²) in [5.41, 5.74) is 2.88. The van der Waals surface area contributed by atoms with Crippen molar-refractivity contribution in [3.63, 3.8) is 0 Å². The molecule has 0 saturated heterocycles. The minimum atomic E-state index is -0.180. The van der Waals surface area contributed by atoms with Crippen molar-refractivity contribution in [2.75, 3.05) is 20.6 Å². The van der Waals surface area contributed by atoms with Gasteiger partial charge in [0.1, 0.15) is 0 Å². The van der Waals surface area contributed by atoms with E-state index in [2.05, 4.69) is 50.2 Å². The van der Waals surface area contributed by atoms with Crippen LogP contribution in [0.1, 0.15) is 34.6 Å². The highest BCUT2D eigenvalue weighted by Crippen LogP contribution is 2.18. The van der Waals surface area contributed by atoms with Crippen molar-refractivity contribution in [3.05, 3.63) is 47.3 Å². The van der Waals surface area contributed by atoms with Crippen LogP contribution in [0.15, 0.2) is 30.5 Å². The first-order valence-electron chi connectivity index (χ1n) is 6.92. The zero-order valence-corrected chi connectivity index (χ0v) is 13.4. The zero-order chi connectivity index (χ0) is 15.2. The minimum absolute atomic E-state index is 0.131. The van der Waals surface area contributed by atoms with E-state index in [4.69, 9.17) is 0 Å². The van der Waals surface area contributed by atoms with E-state index in [9.17, 15) is 4.79 Å². The van der Waals surface area contributed by atoms with E-state index in [1.807, 2.05) is 14.1 Å². The monoisotopic (exact) mass is 304 g/mol. The lowest BCUT2D eigenvalue weighted by atomic mass is 10.0. The van der Waals surface area contributed by atoms with Crippen molar-refractivity contribution in [1.82, 2.24) is 19.0 Å². The summed E-state index contributed by atoms with van der Waals surface area (Å²) in [6, 6.07) is 8.65. The van der Waals surface area contributed by atoms with E-state index in [1.165, 1.54) is 17.3 Å². The van der Waals surface area contributed by atoms with Crippen LogP contribution in [0.2, 0.25) is 0 Å². The Morgan fingerprint density at radius 2 is 2.05 bits per heavy atom. The van der Waals surface area contributed by atoms with Crippen LogP contribution in [0.25, 0.3) is 0 Å². The smallest absolute Gasteiger partial charge is 0.272 e. The Balaban J connectivity index is 2.03. The number of carbonyl (C=O) groups is 1. The number of nitrogens with zero attached hydrogens (tertiary/aromatic N) is 3. The van der Waals surface area contributed by atoms with Gasteiger partial charge >= 0.3 is 0 Å². The van der Waals surface area contributed by atoms with E-state index < -0.39 is 0 Å². The predicted octanol–water partition coefficient (Wildman–Crippen LogP) is 2.13. The average molecular weight is 304 g/mol. The van der Waals surface area contributed by atoms with Crippen LogP contribution in [0.5, 0.6) is 0 Å². The number of nitrogens with one attached hydrogen (secondary N) is 1. The average Bonchev–Trinajstić information content (AvgIpc) is 3.02. The first kappa shape index (κ1) is 15.6. The molecule has 0 aliphatic heterocycles. The molecule has 1 aromatic carbocycles. The third-order valence-electron chi connectivity index (χ3n) is 3.45. The Morgan fingerprint density at radius 1 is 1.33 bits per heavy atom. The summed E-state index contributed by atoms with van der Waals surface area (Å²) in [5, 5.41) is 2.92. The third-order valence-corrected chi connectivity index (χ3v) is 3.92.